The van der Waals surface area contributed by atoms with Gasteiger partial charge in [0.25, 0.3) is 0 Å². The highest BCUT2D eigenvalue weighted by molar-refractivity contribution is 5.93. The van der Waals surface area contributed by atoms with Crippen molar-refractivity contribution < 1.29 is 19.1 Å². The Morgan fingerprint density at radius 3 is 2.46 bits per heavy atom. The molecule has 0 unspecified atom stereocenters. The van der Waals surface area contributed by atoms with E-state index in [0.717, 1.165) is 6.07 Å². The van der Waals surface area contributed by atoms with Crippen molar-refractivity contribution in [3.8, 4) is 11.3 Å². The number of carboxylic acid groups (broad SMARTS) is 1. The number of aryl methyl sites for hydroxylation is 1. The van der Waals surface area contributed by atoms with E-state index in [1.165, 1.54) is 28.8 Å². The summed E-state index contributed by atoms with van der Waals surface area (Å²) in [6.07, 6.45) is 0.531. The van der Waals surface area contributed by atoms with Gasteiger partial charge in [0, 0.05) is 22.9 Å². The van der Waals surface area contributed by atoms with E-state index in [9.17, 15) is 14.0 Å². The Hall–Kier alpha value is -3.29. The molecule has 0 atom stereocenters. The third-order valence-corrected chi connectivity index (χ3v) is 3.61. The number of aromatic nitrogens is 3. The molecule has 0 saturated carbocycles. The molecule has 0 aliphatic carbocycles. The third-order valence-electron chi connectivity index (χ3n) is 3.61. The Balaban J connectivity index is 0.00000117. The largest absolute Gasteiger partial charge is 0.477 e. The molecular formula is C18H19FN4O3. The van der Waals surface area contributed by atoms with Gasteiger partial charge in [0.05, 0.1) is 5.69 Å². The predicted octanol–water partition coefficient (Wildman–Crippen LogP) is 2.92. The summed E-state index contributed by atoms with van der Waals surface area (Å²) in [6.45, 7) is 5.85. The molecule has 136 valence electrons. The Labute approximate surface area is 149 Å². The summed E-state index contributed by atoms with van der Waals surface area (Å²) in [5, 5.41) is 13.4. The summed E-state index contributed by atoms with van der Waals surface area (Å²) in [6, 6.07) is 6.77. The maximum absolute atomic E-state index is 14.2. The maximum Gasteiger partial charge on any atom is 0.354 e. The number of hydrogen-bond acceptors (Lipinski definition) is 4. The van der Waals surface area contributed by atoms with Crippen LogP contribution in [0.15, 0.2) is 30.3 Å². The number of carboxylic acids is 1. The lowest BCUT2D eigenvalue weighted by Gasteiger charge is -2.03. The molecular weight excluding hydrogens is 339 g/mol. The Bertz CT molecular complexity index is 982. The van der Waals surface area contributed by atoms with Crippen LogP contribution in [0.25, 0.3) is 16.9 Å². The lowest BCUT2D eigenvalue weighted by molar-refractivity contribution is 0.0690. The molecule has 0 bridgehead atoms. The Morgan fingerprint density at radius 2 is 1.92 bits per heavy atom. The first kappa shape index (κ1) is 19.0. The summed E-state index contributed by atoms with van der Waals surface area (Å²) < 4.78 is 15.7. The first-order valence-corrected chi connectivity index (χ1v) is 8.13. The van der Waals surface area contributed by atoms with Gasteiger partial charge >= 0.3 is 5.97 Å². The molecule has 0 aliphatic rings. The third kappa shape index (κ3) is 3.53. The van der Waals surface area contributed by atoms with Gasteiger partial charge in [0.1, 0.15) is 5.82 Å². The minimum Gasteiger partial charge on any atom is -0.477 e. The number of carbonyl (C=O) groups excluding carboxylic acids is 1. The highest BCUT2D eigenvalue weighted by Crippen LogP contribution is 2.24. The molecule has 0 spiro atoms. The van der Waals surface area contributed by atoms with Crippen molar-refractivity contribution in [2.75, 3.05) is 0 Å². The monoisotopic (exact) mass is 358 g/mol. The first-order chi connectivity index (χ1) is 12.4. The van der Waals surface area contributed by atoms with Crippen LogP contribution < -0.4 is 5.73 Å². The highest BCUT2D eigenvalue weighted by Gasteiger charge is 2.16. The maximum atomic E-state index is 14.2. The topological polar surface area (TPSA) is 111 Å². The second-order valence-corrected chi connectivity index (χ2v) is 5.15. The molecule has 1 amide bonds. The van der Waals surface area contributed by atoms with Crippen LogP contribution in [0.3, 0.4) is 0 Å². The van der Waals surface area contributed by atoms with Gasteiger partial charge in [-0.15, -0.1) is 0 Å². The van der Waals surface area contributed by atoms with E-state index >= 15 is 0 Å². The van der Waals surface area contributed by atoms with Gasteiger partial charge in [0.15, 0.2) is 11.3 Å². The van der Waals surface area contributed by atoms with Crippen LogP contribution in [0.2, 0.25) is 0 Å². The summed E-state index contributed by atoms with van der Waals surface area (Å²) in [4.78, 5) is 26.3. The summed E-state index contributed by atoms with van der Waals surface area (Å²) in [5.74, 6) is -2.52. The van der Waals surface area contributed by atoms with Crippen molar-refractivity contribution in [3.63, 3.8) is 0 Å². The molecule has 1 aromatic carbocycles. The minimum absolute atomic E-state index is 0.0561. The molecule has 2 heterocycles. The average Bonchev–Trinajstić information content (AvgIpc) is 3.06. The highest BCUT2D eigenvalue weighted by atomic mass is 19.1. The molecule has 0 fully saturated rings. The van der Waals surface area contributed by atoms with E-state index in [2.05, 4.69) is 10.1 Å². The number of fused-ring (bicyclic) bond motifs is 1. The number of halogens is 1. The molecule has 8 heteroatoms. The zero-order valence-electron chi connectivity index (χ0n) is 14.7. The van der Waals surface area contributed by atoms with Crippen LogP contribution >= 0.6 is 0 Å². The zero-order chi connectivity index (χ0) is 19.4. The number of carbonyl (C=O) groups is 2. The number of aromatic carboxylic acids is 1. The Morgan fingerprint density at radius 1 is 1.23 bits per heavy atom. The summed E-state index contributed by atoms with van der Waals surface area (Å²) in [7, 11) is 0. The number of nitrogens with two attached hydrogens (primary N) is 1. The van der Waals surface area contributed by atoms with Gasteiger partial charge in [0.2, 0.25) is 5.91 Å². The van der Waals surface area contributed by atoms with Gasteiger partial charge in [-0.2, -0.15) is 5.10 Å². The van der Waals surface area contributed by atoms with Crippen molar-refractivity contribution in [2.45, 2.75) is 27.2 Å². The lowest BCUT2D eigenvalue weighted by Crippen LogP contribution is -2.11. The molecule has 3 aromatic rings. The second-order valence-electron chi connectivity index (χ2n) is 5.15. The number of hydrogen-bond donors (Lipinski definition) is 2. The minimum atomic E-state index is -1.15. The smallest absolute Gasteiger partial charge is 0.354 e. The fourth-order valence-corrected chi connectivity index (χ4v) is 2.41. The fraction of sp³-hybridized carbons (Fsp3) is 0.222. The van der Waals surface area contributed by atoms with E-state index in [1.807, 2.05) is 20.8 Å². The van der Waals surface area contributed by atoms with Crippen LogP contribution in [0.5, 0.6) is 0 Å². The first-order valence-electron chi connectivity index (χ1n) is 8.13. The number of rotatable bonds is 4. The van der Waals surface area contributed by atoms with Crippen molar-refractivity contribution in [1.29, 1.82) is 0 Å². The van der Waals surface area contributed by atoms with Crippen molar-refractivity contribution >= 4 is 17.5 Å². The van der Waals surface area contributed by atoms with Crippen molar-refractivity contribution in [2.24, 2.45) is 5.73 Å². The van der Waals surface area contributed by atoms with E-state index in [-0.39, 0.29) is 22.5 Å². The quantitative estimate of drug-likeness (QED) is 0.745. The van der Waals surface area contributed by atoms with E-state index < -0.39 is 17.7 Å². The van der Waals surface area contributed by atoms with Crippen LogP contribution in [0.1, 0.15) is 47.3 Å². The molecule has 2 aromatic heterocycles. The lowest BCUT2D eigenvalue weighted by atomic mass is 10.1. The number of nitrogens with zero attached hydrogens (tertiary/aromatic N) is 3. The second kappa shape index (κ2) is 7.73. The van der Waals surface area contributed by atoms with Gasteiger partial charge < -0.3 is 10.8 Å². The summed E-state index contributed by atoms with van der Waals surface area (Å²) in [5.41, 5.74) is 6.48. The SMILES string of the molecule is CC.CCc1cc(C(=O)O)nc2cc(-c3ccc(C(N)=O)cc3F)nn12. The number of primary amides is 1. The van der Waals surface area contributed by atoms with Crippen LogP contribution in [-0.4, -0.2) is 31.6 Å². The van der Waals surface area contributed by atoms with E-state index in [1.54, 1.807) is 0 Å². The van der Waals surface area contributed by atoms with Gasteiger partial charge in [-0.1, -0.05) is 20.8 Å². The predicted molar refractivity (Wildman–Crippen MR) is 94.6 cm³/mol. The Kier molecular flexibility index (Phi) is 5.66. The molecule has 26 heavy (non-hydrogen) atoms. The van der Waals surface area contributed by atoms with Gasteiger partial charge in [-0.25, -0.2) is 18.7 Å². The standard InChI is InChI=1S/C16H13FN4O3.C2H6/c1-2-9-6-13(16(23)24)19-14-7-12(20-21(9)14)10-4-3-8(15(18)22)5-11(10)17;1-2/h3-7H,2H2,1H3,(H2,18,22)(H,23,24);1-2H3. The molecule has 0 radical (unpaired) electrons. The number of benzene rings is 1. The average molecular weight is 358 g/mol. The normalized spacial score (nSPS) is 10.3. The molecule has 3 rings (SSSR count). The van der Waals surface area contributed by atoms with Crippen LogP contribution in [-0.2, 0) is 6.42 Å². The molecule has 7 nitrogen and oxygen atoms in total. The number of amides is 1. The summed E-state index contributed by atoms with van der Waals surface area (Å²) >= 11 is 0. The van der Waals surface area contributed by atoms with E-state index in [4.69, 9.17) is 10.8 Å². The van der Waals surface area contributed by atoms with Crippen molar-refractivity contribution in [1.82, 2.24) is 14.6 Å². The van der Waals surface area contributed by atoms with Crippen molar-refractivity contribution in [3.05, 3.63) is 53.1 Å². The van der Waals surface area contributed by atoms with Gasteiger partial charge in [-0.05, 0) is 30.7 Å². The molecule has 3 N–H and O–H groups in total. The van der Waals surface area contributed by atoms with E-state index in [0.29, 0.717) is 17.8 Å². The molecule has 0 aliphatic heterocycles. The van der Waals surface area contributed by atoms with Crippen LogP contribution in [0, 0.1) is 5.82 Å². The zero-order valence-corrected chi connectivity index (χ0v) is 14.7. The van der Waals surface area contributed by atoms with Crippen LogP contribution in [0.4, 0.5) is 4.39 Å². The molecule has 0 saturated heterocycles. The van der Waals surface area contributed by atoms with Gasteiger partial charge in [-0.3, -0.25) is 4.79 Å². The fourth-order valence-electron chi connectivity index (χ4n) is 2.41.